The molecule has 88 valence electrons. The van der Waals surface area contributed by atoms with E-state index >= 15 is 0 Å². The minimum atomic E-state index is 0.534. The third-order valence-electron chi connectivity index (χ3n) is 4.16. The Hall–Kier alpha value is -0.0800. The van der Waals surface area contributed by atoms with Gasteiger partial charge in [0.05, 0.1) is 6.10 Å². The maximum atomic E-state index is 5.31. The van der Waals surface area contributed by atoms with Gasteiger partial charge < -0.3 is 10.1 Å². The molecule has 0 aromatic heterocycles. The molecule has 0 aliphatic heterocycles. The van der Waals surface area contributed by atoms with Gasteiger partial charge in [0, 0.05) is 19.2 Å². The average molecular weight is 211 g/mol. The third kappa shape index (κ3) is 3.18. The van der Waals surface area contributed by atoms with Crippen molar-refractivity contribution in [2.45, 2.75) is 70.1 Å². The fourth-order valence-electron chi connectivity index (χ4n) is 2.88. The highest BCUT2D eigenvalue weighted by molar-refractivity contribution is 4.88. The first-order valence-corrected chi connectivity index (χ1v) is 6.56. The van der Waals surface area contributed by atoms with Gasteiger partial charge >= 0.3 is 0 Å². The summed E-state index contributed by atoms with van der Waals surface area (Å²) in [5, 5.41) is 3.80. The Morgan fingerprint density at radius 2 is 1.80 bits per heavy atom. The molecule has 2 rings (SSSR count). The Kier molecular flexibility index (Phi) is 4.04. The Labute approximate surface area is 93.8 Å². The van der Waals surface area contributed by atoms with Gasteiger partial charge in [-0.1, -0.05) is 19.8 Å². The van der Waals surface area contributed by atoms with Crippen molar-refractivity contribution < 1.29 is 4.74 Å². The first-order valence-electron chi connectivity index (χ1n) is 6.56. The van der Waals surface area contributed by atoms with E-state index in [0.717, 1.165) is 18.0 Å². The summed E-state index contributed by atoms with van der Waals surface area (Å²) >= 11 is 0. The molecular formula is C13H25NO. The molecule has 1 N–H and O–H groups in total. The van der Waals surface area contributed by atoms with Crippen molar-refractivity contribution in [1.82, 2.24) is 5.32 Å². The first-order chi connectivity index (χ1) is 7.28. The fourth-order valence-corrected chi connectivity index (χ4v) is 2.88. The molecule has 0 radical (unpaired) electrons. The van der Waals surface area contributed by atoms with Gasteiger partial charge in [0.15, 0.2) is 0 Å². The summed E-state index contributed by atoms with van der Waals surface area (Å²) in [5.74, 6) is 0.949. The summed E-state index contributed by atoms with van der Waals surface area (Å²) < 4.78 is 5.31. The van der Waals surface area contributed by atoms with E-state index in [1.54, 1.807) is 0 Å². The van der Waals surface area contributed by atoms with E-state index in [2.05, 4.69) is 12.2 Å². The molecule has 2 unspecified atom stereocenters. The smallest absolute Gasteiger partial charge is 0.0601 e. The number of hydrogen-bond donors (Lipinski definition) is 1. The monoisotopic (exact) mass is 211 g/mol. The van der Waals surface area contributed by atoms with Crippen molar-refractivity contribution in [3.63, 3.8) is 0 Å². The number of nitrogens with one attached hydrogen (secondary N) is 1. The van der Waals surface area contributed by atoms with Crippen LogP contribution in [0.4, 0.5) is 0 Å². The topological polar surface area (TPSA) is 21.3 Å². The SMILES string of the molecule is COC1CC(NC2CCCC(C)CC2)C1. The summed E-state index contributed by atoms with van der Waals surface area (Å²) in [7, 11) is 1.83. The number of rotatable bonds is 3. The lowest BCUT2D eigenvalue weighted by atomic mass is 9.88. The van der Waals surface area contributed by atoms with E-state index in [1.807, 2.05) is 7.11 Å². The van der Waals surface area contributed by atoms with Crippen LogP contribution < -0.4 is 5.32 Å². The molecule has 2 nitrogen and oxygen atoms in total. The Morgan fingerprint density at radius 1 is 1.00 bits per heavy atom. The summed E-state index contributed by atoms with van der Waals surface area (Å²) in [6.07, 6.45) is 10.0. The molecule has 15 heavy (non-hydrogen) atoms. The van der Waals surface area contributed by atoms with Gasteiger partial charge in [0.25, 0.3) is 0 Å². The van der Waals surface area contributed by atoms with Crippen LogP contribution >= 0.6 is 0 Å². The molecule has 0 aromatic carbocycles. The second-order valence-corrected chi connectivity index (χ2v) is 5.50. The normalized spacial score (nSPS) is 42.0. The highest BCUT2D eigenvalue weighted by atomic mass is 16.5. The second-order valence-electron chi connectivity index (χ2n) is 5.50. The van der Waals surface area contributed by atoms with Crippen molar-refractivity contribution in [2.75, 3.05) is 7.11 Å². The molecule has 0 saturated heterocycles. The minimum absolute atomic E-state index is 0.534. The molecule has 2 aliphatic rings. The van der Waals surface area contributed by atoms with Gasteiger partial charge in [0.2, 0.25) is 0 Å². The van der Waals surface area contributed by atoms with Crippen LogP contribution in [-0.2, 0) is 4.74 Å². The molecule has 0 heterocycles. The number of ether oxygens (including phenoxy) is 1. The van der Waals surface area contributed by atoms with E-state index in [4.69, 9.17) is 4.74 Å². The van der Waals surface area contributed by atoms with Crippen LogP contribution in [0.5, 0.6) is 0 Å². The van der Waals surface area contributed by atoms with Crippen LogP contribution in [0.25, 0.3) is 0 Å². The largest absolute Gasteiger partial charge is 0.381 e. The highest BCUT2D eigenvalue weighted by Crippen LogP contribution is 2.27. The summed E-state index contributed by atoms with van der Waals surface area (Å²) in [6.45, 7) is 2.40. The molecule has 0 amide bonds. The molecule has 0 bridgehead atoms. The lowest BCUT2D eigenvalue weighted by molar-refractivity contribution is 0.0136. The van der Waals surface area contributed by atoms with Crippen molar-refractivity contribution in [1.29, 1.82) is 0 Å². The predicted molar refractivity (Wildman–Crippen MR) is 63.0 cm³/mol. The second kappa shape index (κ2) is 5.31. The zero-order chi connectivity index (χ0) is 10.7. The standard InChI is InChI=1S/C13H25NO/c1-10-4-3-5-11(7-6-10)14-12-8-13(9-12)15-2/h10-14H,3-9H2,1-2H3. The van der Waals surface area contributed by atoms with Crippen LogP contribution in [0.1, 0.15) is 51.9 Å². The molecule has 2 fully saturated rings. The Morgan fingerprint density at radius 3 is 2.53 bits per heavy atom. The van der Waals surface area contributed by atoms with Crippen molar-refractivity contribution in [3.05, 3.63) is 0 Å². The molecule has 2 heteroatoms. The zero-order valence-corrected chi connectivity index (χ0v) is 10.2. The average Bonchev–Trinajstić information content (AvgIpc) is 2.36. The van der Waals surface area contributed by atoms with E-state index in [-0.39, 0.29) is 0 Å². The van der Waals surface area contributed by atoms with Gasteiger partial charge in [-0.05, 0) is 38.0 Å². The van der Waals surface area contributed by atoms with Crippen molar-refractivity contribution in [3.8, 4) is 0 Å². The van der Waals surface area contributed by atoms with Crippen molar-refractivity contribution >= 4 is 0 Å². The van der Waals surface area contributed by atoms with Crippen molar-refractivity contribution in [2.24, 2.45) is 5.92 Å². The lowest BCUT2D eigenvalue weighted by Gasteiger charge is -2.37. The van der Waals surface area contributed by atoms with Crippen LogP contribution in [-0.4, -0.2) is 25.3 Å². The van der Waals surface area contributed by atoms with E-state index in [0.29, 0.717) is 6.10 Å². The van der Waals surface area contributed by atoms with E-state index in [9.17, 15) is 0 Å². The van der Waals surface area contributed by atoms with Gasteiger partial charge in [-0.15, -0.1) is 0 Å². The zero-order valence-electron chi connectivity index (χ0n) is 10.2. The molecule has 2 atom stereocenters. The van der Waals surface area contributed by atoms with Crippen LogP contribution in [0.3, 0.4) is 0 Å². The first kappa shape index (κ1) is 11.4. The molecule has 2 saturated carbocycles. The van der Waals surface area contributed by atoms with Gasteiger partial charge in [-0.25, -0.2) is 0 Å². The molecular weight excluding hydrogens is 186 g/mol. The van der Waals surface area contributed by atoms with Gasteiger partial charge in [-0.2, -0.15) is 0 Å². The summed E-state index contributed by atoms with van der Waals surface area (Å²) in [4.78, 5) is 0. The maximum Gasteiger partial charge on any atom is 0.0601 e. The van der Waals surface area contributed by atoms with Crippen LogP contribution in [0, 0.1) is 5.92 Å². The summed E-state index contributed by atoms with van der Waals surface area (Å²) in [6, 6.07) is 1.53. The van der Waals surface area contributed by atoms with E-state index in [1.165, 1.54) is 44.9 Å². The van der Waals surface area contributed by atoms with Crippen LogP contribution in [0.15, 0.2) is 0 Å². The number of methoxy groups -OCH3 is 1. The van der Waals surface area contributed by atoms with Gasteiger partial charge in [-0.3, -0.25) is 0 Å². The molecule has 0 spiro atoms. The predicted octanol–water partition coefficient (Wildman–Crippen LogP) is 2.72. The van der Waals surface area contributed by atoms with Crippen LogP contribution in [0.2, 0.25) is 0 Å². The third-order valence-corrected chi connectivity index (χ3v) is 4.16. The Balaban J connectivity index is 1.66. The molecule has 0 aromatic rings. The molecule has 2 aliphatic carbocycles. The fraction of sp³-hybridized carbons (Fsp3) is 1.00. The maximum absolute atomic E-state index is 5.31. The quantitative estimate of drug-likeness (QED) is 0.725. The summed E-state index contributed by atoms with van der Waals surface area (Å²) in [5.41, 5.74) is 0. The van der Waals surface area contributed by atoms with Gasteiger partial charge in [0.1, 0.15) is 0 Å². The highest BCUT2D eigenvalue weighted by Gasteiger charge is 2.30. The van der Waals surface area contributed by atoms with E-state index < -0.39 is 0 Å². The minimum Gasteiger partial charge on any atom is -0.381 e. The lowest BCUT2D eigenvalue weighted by Crippen LogP contribution is -2.49. The Bertz CT molecular complexity index is 189. The number of hydrogen-bond acceptors (Lipinski definition) is 2.